The van der Waals surface area contributed by atoms with Gasteiger partial charge in [-0.25, -0.2) is 32.1 Å². The Morgan fingerprint density at radius 3 is 1.66 bits per heavy atom. The van der Waals surface area contributed by atoms with Crippen LogP contribution in [0.15, 0.2) is 78.1 Å². The second kappa shape index (κ2) is 19.9. The number of methoxy groups -OCH3 is 2. The van der Waals surface area contributed by atoms with Gasteiger partial charge < -0.3 is 34.9 Å². The first-order valence-electron chi connectivity index (χ1n) is 24.6. The maximum Gasteiger partial charge on any atom is 0.407 e. The number of amides is 4. The molecular formula is C53H61F4N7O6. The number of aromatic amines is 1. The summed E-state index contributed by atoms with van der Waals surface area (Å²) in [6, 6.07) is 17.9. The van der Waals surface area contributed by atoms with Crippen molar-refractivity contribution >= 4 is 46.1 Å². The van der Waals surface area contributed by atoms with Crippen LogP contribution in [0.3, 0.4) is 0 Å². The van der Waals surface area contributed by atoms with Crippen molar-refractivity contribution in [3.05, 3.63) is 84.4 Å². The first-order valence-corrected chi connectivity index (χ1v) is 24.6. The number of alkyl halides is 4. The van der Waals surface area contributed by atoms with Gasteiger partial charge in [0.05, 0.1) is 38.2 Å². The Morgan fingerprint density at radius 2 is 1.11 bits per heavy atom. The van der Waals surface area contributed by atoms with Crippen molar-refractivity contribution < 1.29 is 46.2 Å². The second-order valence-electron chi connectivity index (χ2n) is 20.0. The van der Waals surface area contributed by atoms with Gasteiger partial charge in [0.1, 0.15) is 17.9 Å². The molecule has 70 heavy (non-hydrogen) atoms. The minimum Gasteiger partial charge on any atom is -0.453 e. The number of hydrogen-bond donors (Lipinski definition) is 3. The molecule has 4 aromatic rings. The van der Waals surface area contributed by atoms with Gasteiger partial charge in [-0.05, 0) is 128 Å². The number of carbonyl (C=O) groups excluding carboxylic acids is 4. The number of aliphatic imine (C=N–C) groups is 1. The van der Waals surface area contributed by atoms with E-state index >= 15 is 0 Å². The van der Waals surface area contributed by atoms with Gasteiger partial charge >= 0.3 is 12.2 Å². The number of rotatable bonds is 11. The number of benzene rings is 3. The SMILES string of the molecule is COC(=O)N[C@H](C(=O)N1[C@@H](C)CC[C@H]1C1=NC=C(c2ccc3cc(-c4ccc(-c5cnc([C@@H]6CC[C@H](C)N6C(=O)[C@@H](NC(=O)OC)C6CCC(F)(F)CC6)[nH]5)cc4)ccc3c2)C1)C1CCC(F)(F)CC1. The van der Waals surface area contributed by atoms with Crippen molar-refractivity contribution in [1.82, 2.24) is 30.4 Å². The van der Waals surface area contributed by atoms with Crippen molar-refractivity contribution in [3.63, 3.8) is 0 Å². The van der Waals surface area contributed by atoms with E-state index < -0.39 is 48.0 Å². The molecule has 3 N–H and O–H groups in total. The van der Waals surface area contributed by atoms with Crippen molar-refractivity contribution in [3.8, 4) is 22.4 Å². The standard InChI is InChI=1S/C53H61F4N7O6/c1-30-5-15-43(63(30)48(65)45(61-50(67)69-3)34-17-21-52(54,55)22-18-34)41-27-40(28-58-41)39-14-13-37-25-36(11-12-38(37)26-39)32-7-9-33(10-8-32)42-29-59-47(60-42)44-16-6-31(2)64(44)49(66)46(62-51(68)70-4)35-19-23-53(56,57)24-20-35/h7-14,25-26,28-31,34-35,43-46H,5-6,15-24,27H2,1-4H3,(H,59,60)(H,61,67)(H,62,68)/t30-,31-,43-,44-,45-,46-/m0/s1. The normalized spacial score (nSPS) is 24.5. The lowest BCUT2D eigenvalue weighted by Crippen LogP contribution is -2.56. The molecule has 0 unspecified atom stereocenters. The van der Waals surface area contributed by atoms with Crippen molar-refractivity contribution in [2.75, 3.05) is 14.2 Å². The Morgan fingerprint density at radius 1 is 0.643 bits per heavy atom. The number of carbonyl (C=O) groups is 4. The minimum absolute atomic E-state index is 0.116. The molecule has 2 aliphatic carbocycles. The molecule has 5 aliphatic rings. The van der Waals surface area contributed by atoms with Crippen LogP contribution in [0, 0.1) is 11.8 Å². The Labute approximate surface area is 404 Å². The van der Waals surface area contributed by atoms with E-state index in [1.807, 2.05) is 32.2 Å². The van der Waals surface area contributed by atoms with Crippen molar-refractivity contribution in [2.45, 2.75) is 145 Å². The molecule has 2 saturated heterocycles. The first kappa shape index (κ1) is 48.8. The quantitative estimate of drug-likeness (QED) is 0.126. The molecule has 372 valence electrons. The fraction of sp³-hybridized carbons (Fsp3) is 0.509. The Bertz CT molecular complexity index is 2670. The van der Waals surface area contributed by atoms with Crippen LogP contribution < -0.4 is 10.6 Å². The zero-order valence-corrected chi connectivity index (χ0v) is 40.0. The maximum atomic E-state index is 14.3. The average Bonchev–Trinajstić information content (AvgIpc) is 4.19. The van der Waals surface area contributed by atoms with E-state index in [1.54, 1.807) is 16.0 Å². The van der Waals surface area contributed by atoms with E-state index in [9.17, 15) is 36.7 Å². The lowest BCUT2D eigenvalue weighted by atomic mass is 9.81. The topological polar surface area (TPSA) is 158 Å². The summed E-state index contributed by atoms with van der Waals surface area (Å²) in [4.78, 5) is 69.8. The number of likely N-dealkylation sites (tertiary alicyclic amines) is 2. The molecule has 3 aliphatic heterocycles. The predicted octanol–water partition coefficient (Wildman–Crippen LogP) is 10.6. The van der Waals surface area contributed by atoms with Crippen LogP contribution in [0.1, 0.15) is 115 Å². The van der Waals surface area contributed by atoms with Gasteiger partial charge in [-0.3, -0.25) is 14.6 Å². The van der Waals surface area contributed by atoms with E-state index in [0.29, 0.717) is 25.1 Å². The van der Waals surface area contributed by atoms with Gasteiger partial charge in [0, 0.05) is 56.1 Å². The van der Waals surface area contributed by atoms with E-state index in [-0.39, 0.29) is 87.3 Å². The van der Waals surface area contributed by atoms with Crippen LogP contribution in [-0.4, -0.2) is 106 Å². The summed E-state index contributed by atoms with van der Waals surface area (Å²) in [5.41, 5.74) is 6.66. The highest BCUT2D eigenvalue weighted by atomic mass is 19.3. The zero-order chi connectivity index (χ0) is 49.5. The summed E-state index contributed by atoms with van der Waals surface area (Å²) < 4.78 is 66.1. The Balaban J connectivity index is 0.848. The number of nitrogens with one attached hydrogen (secondary N) is 3. The summed E-state index contributed by atoms with van der Waals surface area (Å²) in [5.74, 6) is -6.41. The van der Waals surface area contributed by atoms with Crippen LogP contribution >= 0.6 is 0 Å². The van der Waals surface area contributed by atoms with Crippen LogP contribution in [-0.2, 0) is 19.1 Å². The molecule has 1 aromatic heterocycles. The summed E-state index contributed by atoms with van der Waals surface area (Å²) in [6.07, 6.45) is 4.63. The Kier molecular flexibility index (Phi) is 13.8. The van der Waals surface area contributed by atoms with Crippen molar-refractivity contribution in [1.29, 1.82) is 0 Å². The molecule has 4 amide bonds. The van der Waals surface area contributed by atoms with Gasteiger partial charge in [0.25, 0.3) is 0 Å². The number of alkyl carbamates (subject to hydrolysis) is 2. The van der Waals surface area contributed by atoms with Gasteiger partial charge in [-0.2, -0.15) is 0 Å². The molecule has 0 spiro atoms. The number of hydrogen-bond acceptors (Lipinski definition) is 8. The third-order valence-corrected chi connectivity index (χ3v) is 15.6. The number of fused-ring (bicyclic) bond motifs is 1. The third kappa shape index (κ3) is 10.2. The molecule has 4 heterocycles. The Hall–Kier alpha value is -6.26. The summed E-state index contributed by atoms with van der Waals surface area (Å²) >= 11 is 0. The van der Waals surface area contributed by atoms with E-state index in [1.165, 1.54) is 14.2 Å². The fourth-order valence-corrected chi connectivity index (χ4v) is 11.5. The highest BCUT2D eigenvalue weighted by molar-refractivity contribution is 6.04. The predicted molar refractivity (Wildman–Crippen MR) is 257 cm³/mol. The number of ether oxygens (including phenoxy) is 2. The molecule has 0 bridgehead atoms. The van der Waals surface area contributed by atoms with E-state index in [2.05, 4.69) is 64.1 Å². The number of allylic oxidation sites excluding steroid dienone is 1. The number of H-pyrrole nitrogens is 1. The van der Waals surface area contributed by atoms with Gasteiger partial charge in [-0.15, -0.1) is 0 Å². The zero-order valence-electron chi connectivity index (χ0n) is 40.0. The number of halogens is 4. The maximum absolute atomic E-state index is 14.3. The number of imidazole rings is 1. The lowest BCUT2D eigenvalue weighted by molar-refractivity contribution is -0.139. The third-order valence-electron chi connectivity index (χ3n) is 15.6. The fourth-order valence-electron chi connectivity index (χ4n) is 11.5. The second-order valence-corrected chi connectivity index (χ2v) is 20.0. The molecule has 17 heteroatoms. The van der Waals surface area contributed by atoms with Crippen LogP contribution in [0.5, 0.6) is 0 Å². The minimum atomic E-state index is -2.78. The van der Waals surface area contributed by atoms with Gasteiger partial charge in [0.15, 0.2) is 0 Å². The van der Waals surface area contributed by atoms with E-state index in [0.717, 1.165) is 62.8 Å². The van der Waals surface area contributed by atoms with Gasteiger partial charge in [-0.1, -0.05) is 48.5 Å². The van der Waals surface area contributed by atoms with Crippen molar-refractivity contribution in [2.24, 2.45) is 16.8 Å². The average molecular weight is 968 g/mol. The van der Waals surface area contributed by atoms with E-state index in [4.69, 9.17) is 19.5 Å². The molecule has 9 rings (SSSR count). The largest absolute Gasteiger partial charge is 0.453 e. The smallest absolute Gasteiger partial charge is 0.407 e. The summed E-state index contributed by atoms with van der Waals surface area (Å²) in [7, 11) is 2.44. The summed E-state index contributed by atoms with van der Waals surface area (Å²) in [6.45, 7) is 3.93. The number of aromatic nitrogens is 2. The van der Waals surface area contributed by atoms with Crippen LogP contribution in [0.4, 0.5) is 27.2 Å². The molecule has 3 aromatic carbocycles. The molecule has 2 saturated carbocycles. The summed E-state index contributed by atoms with van der Waals surface area (Å²) in [5, 5.41) is 7.47. The highest BCUT2D eigenvalue weighted by Gasteiger charge is 2.48. The molecule has 6 atom stereocenters. The van der Waals surface area contributed by atoms with Crippen LogP contribution in [0.25, 0.3) is 38.7 Å². The highest BCUT2D eigenvalue weighted by Crippen LogP contribution is 2.43. The molecule has 0 radical (unpaired) electrons. The van der Waals surface area contributed by atoms with Crippen LogP contribution in [0.2, 0.25) is 0 Å². The first-order chi connectivity index (χ1) is 33.5. The lowest BCUT2D eigenvalue weighted by Gasteiger charge is -2.38. The monoisotopic (exact) mass is 967 g/mol. The van der Waals surface area contributed by atoms with Gasteiger partial charge in [0.2, 0.25) is 23.7 Å². The molecule has 4 fully saturated rings. The number of nitrogens with zero attached hydrogens (tertiary/aromatic N) is 4. The molecule has 13 nitrogen and oxygen atoms in total. The molecular weight excluding hydrogens is 907 g/mol.